The molecule has 1 rings (SSSR count). The molecule has 0 aliphatic carbocycles. The van der Waals surface area contributed by atoms with Gasteiger partial charge in [-0.3, -0.25) is 15.0 Å². The van der Waals surface area contributed by atoms with Gasteiger partial charge in [-0.1, -0.05) is 25.2 Å². The molecule has 0 fully saturated rings. The van der Waals surface area contributed by atoms with Crippen molar-refractivity contribution in [3.8, 4) is 0 Å². The summed E-state index contributed by atoms with van der Waals surface area (Å²) in [5.41, 5.74) is 5.81. The fraction of sp³-hybridized carbons (Fsp3) is 0.636. The Bertz CT molecular complexity index is 386. The summed E-state index contributed by atoms with van der Waals surface area (Å²) in [5, 5.41) is 10.8. The number of nitrogens with zero attached hydrogens (tertiary/aromatic N) is 2. The minimum atomic E-state index is -0.456. The number of hydrogen-bond donors (Lipinski definition) is 1. The first-order chi connectivity index (χ1) is 7.90. The van der Waals surface area contributed by atoms with Gasteiger partial charge in [0.1, 0.15) is 0 Å². The molecule has 0 saturated carbocycles. The van der Waals surface area contributed by atoms with Gasteiger partial charge in [0, 0.05) is 17.4 Å². The third-order valence-electron chi connectivity index (χ3n) is 2.85. The van der Waals surface area contributed by atoms with Crippen molar-refractivity contribution in [1.29, 1.82) is 0 Å². The van der Waals surface area contributed by atoms with E-state index in [1.54, 1.807) is 6.07 Å². The molecule has 1 unspecified atom stereocenters. The lowest BCUT2D eigenvalue weighted by molar-refractivity contribution is -0.380. The van der Waals surface area contributed by atoms with Gasteiger partial charge in [0.25, 0.3) is 0 Å². The van der Waals surface area contributed by atoms with Gasteiger partial charge in [-0.2, -0.15) is 0 Å². The molecule has 1 aromatic rings. The molecule has 0 saturated heterocycles. The van der Waals surface area contributed by atoms with Crippen molar-refractivity contribution < 1.29 is 4.92 Å². The fourth-order valence-electron chi connectivity index (χ4n) is 1.97. The van der Waals surface area contributed by atoms with E-state index in [1.165, 1.54) is 17.4 Å². The number of nitrogens with two attached hydrogens (primary N) is 1. The lowest BCUT2D eigenvalue weighted by Crippen LogP contribution is -2.54. The lowest BCUT2D eigenvalue weighted by Gasteiger charge is -2.36. The molecule has 1 heterocycles. The van der Waals surface area contributed by atoms with Gasteiger partial charge in [-0.25, -0.2) is 0 Å². The van der Waals surface area contributed by atoms with Crippen LogP contribution in [0.3, 0.4) is 0 Å². The summed E-state index contributed by atoms with van der Waals surface area (Å²) in [6, 6.07) is 3.33. The topological polar surface area (TPSA) is 72.4 Å². The average Bonchev–Trinajstić information content (AvgIpc) is 2.66. The molecule has 0 radical (unpaired) electrons. The summed E-state index contributed by atoms with van der Waals surface area (Å²) in [6.45, 7) is 7.83. The van der Waals surface area contributed by atoms with Crippen molar-refractivity contribution in [3.63, 3.8) is 0 Å². The fourth-order valence-corrected chi connectivity index (χ4v) is 2.95. The molecule has 5 nitrogen and oxygen atoms in total. The predicted molar refractivity (Wildman–Crippen MR) is 70.2 cm³/mol. The summed E-state index contributed by atoms with van der Waals surface area (Å²) in [5.74, 6) is 0. The third-order valence-corrected chi connectivity index (χ3v) is 3.88. The standard InChI is InChI=1S/C11H19N3O2S/c1-4-13(5-2)11(3,12)8-9-6-7-10(17-9)14(15)16/h6-7H,4-5,8,12H2,1-3H3. The normalized spacial score (nSPS) is 14.9. The summed E-state index contributed by atoms with van der Waals surface area (Å²) >= 11 is 1.20. The number of thiophene rings is 1. The van der Waals surface area contributed by atoms with E-state index in [0.717, 1.165) is 18.0 Å². The first-order valence-electron chi connectivity index (χ1n) is 5.67. The Labute approximate surface area is 105 Å². The Morgan fingerprint density at radius 2 is 2.06 bits per heavy atom. The van der Waals surface area contributed by atoms with Crippen LogP contribution in [0.25, 0.3) is 0 Å². The molecule has 0 amide bonds. The molecular weight excluding hydrogens is 238 g/mol. The number of rotatable bonds is 6. The van der Waals surface area contributed by atoms with Crippen LogP contribution in [0.4, 0.5) is 5.00 Å². The van der Waals surface area contributed by atoms with Crippen LogP contribution >= 0.6 is 11.3 Å². The summed E-state index contributed by atoms with van der Waals surface area (Å²) in [6.07, 6.45) is 0.632. The van der Waals surface area contributed by atoms with Crippen LogP contribution in [0.5, 0.6) is 0 Å². The van der Waals surface area contributed by atoms with Gasteiger partial charge in [-0.15, -0.1) is 0 Å². The van der Waals surface area contributed by atoms with Gasteiger partial charge < -0.3 is 5.73 Å². The van der Waals surface area contributed by atoms with Crippen molar-refractivity contribution >= 4 is 16.3 Å². The van der Waals surface area contributed by atoms with Crippen LogP contribution in [0.15, 0.2) is 12.1 Å². The maximum Gasteiger partial charge on any atom is 0.324 e. The van der Waals surface area contributed by atoms with Crippen LogP contribution in [0.1, 0.15) is 25.6 Å². The molecule has 0 aliphatic heterocycles. The average molecular weight is 257 g/mol. The SMILES string of the molecule is CCN(CC)C(C)(N)Cc1ccc([N+](=O)[O-])s1. The highest BCUT2D eigenvalue weighted by molar-refractivity contribution is 7.15. The maximum atomic E-state index is 10.6. The van der Waals surface area contributed by atoms with Gasteiger partial charge in [0.15, 0.2) is 0 Å². The van der Waals surface area contributed by atoms with E-state index in [1.807, 2.05) is 6.92 Å². The molecular formula is C11H19N3O2S. The minimum Gasteiger partial charge on any atom is -0.313 e. The van der Waals surface area contributed by atoms with Crippen LogP contribution in [-0.2, 0) is 6.42 Å². The quantitative estimate of drug-likeness (QED) is 0.482. The monoisotopic (exact) mass is 257 g/mol. The second kappa shape index (κ2) is 5.57. The first-order valence-corrected chi connectivity index (χ1v) is 6.49. The highest BCUT2D eigenvalue weighted by Crippen LogP contribution is 2.27. The van der Waals surface area contributed by atoms with E-state index >= 15 is 0 Å². The van der Waals surface area contributed by atoms with E-state index in [4.69, 9.17) is 5.73 Å². The van der Waals surface area contributed by atoms with Crippen molar-refractivity contribution in [1.82, 2.24) is 4.90 Å². The Hall–Kier alpha value is -0.980. The van der Waals surface area contributed by atoms with Crippen LogP contribution in [0.2, 0.25) is 0 Å². The number of hydrogen-bond acceptors (Lipinski definition) is 5. The molecule has 1 atom stereocenters. The Morgan fingerprint density at radius 3 is 2.47 bits per heavy atom. The van der Waals surface area contributed by atoms with Gasteiger partial charge in [-0.05, 0) is 26.1 Å². The van der Waals surface area contributed by atoms with Crippen molar-refractivity contribution in [2.24, 2.45) is 5.73 Å². The largest absolute Gasteiger partial charge is 0.324 e. The highest BCUT2D eigenvalue weighted by atomic mass is 32.1. The molecule has 1 aromatic heterocycles. The molecule has 96 valence electrons. The van der Waals surface area contributed by atoms with E-state index in [0.29, 0.717) is 6.42 Å². The van der Waals surface area contributed by atoms with Crippen LogP contribution < -0.4 is 5.73 Å². The minimum absolute atomic E-state index is 0.176. The highest BCUT2D eigenvalue weighted by Gasteiger charge is 2.26. The van der Waals surface area contributed by atoms with E-state index < -0.39 is 5.66 Å². The van der Waals surface area contributed by atoms with Gasteiger partial charge in [0.05, 0.1) is 10.6 Å². The van der Waals surface area contributed by atoms with Crippen molar-refractivity contribution in [2.45, 2.75) is 32.9 Å². The van der Waals surface area contributed by atoms with E-state index in [9.17, 15) is 10.1 Å². The number of likely N-dealkylation sites (N-methyl/N-ethyl adjacent to an activating group) is 1. The zero-order chi connectivity index (χ0) is 13.1. The summed E-state index contributed by atoms with van der Waals surface area (Å²) in [4.78, 5) is 13.3. The lowest BCUT2D eigenvalue weighted by atomic mass is 10.1. The smallest absolute Gasteiger partial charge is 0.313 e. The molecule has 2 N–H and O–H groups in total. The van der Waals surface area contributed by atoms with E-state index in [2.05, 4.69) is 18.7 Å². The molecule has 0 aromatic carbocycles. The van der Waals surface area contributed by atoms with Crippen molar-refractivity contribution in [2.75, 3.05) is 13.1 Å². The third kappa shape index (κ3) is 3.49. The zero-order valence-electron chi connectivity index (χ0n) is 10.5. The van der Waals surface area contributed by atoms with Crippen LogP contribution in [0, 0.1) is 10.1 Å². The molecule has 0 bridgehead atoms. The van der Waals surface area contributed by atoms with Crippen molar-refractivity contribution in [3.05, 3.63) is 27.1 Å². The molecule has 17 heavy (non-hydrogen) atoms. The maximum absolute atomic E-state index is 10.6. The number of nitro groups is 1. The first kappa shape index (κ1) is 14.1. The zero-order valence-corrected chi connectivity index (χ0v) is 11.3. The molecule has 6 heteroatoms. The second-order valence-corrected chi connectivity index (χ2v) is 5.35. The summed E-state index contributed by atoms with van der Waals surface area (Å²) in [7, 11) is 0. The van der Waals surface area contributed by atoms with Gasteiger partial charge in [0.2, 0.25) is 0 Å². The predicted octanol–water partition coefficient (Wildman–Crippen LogP) is 2.22. The second-order valence-electron chi connectivity index (χ2n) is 4.20. The van der Waals surface area contributed by atoms with Crippen LogP contribution in [-0.4, -0.2) is 28.6 Å². The van der Waals surface area contributed by atoms with E-state index in [-0.39, 0.29) is 9.92 Å². The molecule has 0 aliphatic rings. The Balaban J connectivity index is 2.78. The Morgan fingerprint density at radius 1 is 1.47 bits per heavy atom. The summed E-state index contributed by atoms with van der Waals surface area (Å²) < 4.78 is 0. The molecule has 0 spiro atoms. The van der Waals surface area contributed by atoms with Gasteiger partial charge >= 0.3 is 5.00 Å². The Kier molecular flexibility index (Phi) is 4.62.